The van der Waals surface area contributed by atoms with Crippen molar-refractivity contribution in [2.24, 2.45) is 0 Å². The molecule has 0 saturated heterocycles. The normalized spacial score (nSPS) is 10.5. The van der Waals surface area contributed by atoms with Crippen LogP contribution in [-0.4, -0.2) is 10.9 Å². The van der Waals surface area contributed by atoms with Crippen molar-refractivity contribution >= 4 is 38.3 Å². The van der Waals surface area contributed by atoms with E-state index in [0.717, 1.165) is 15.8 Å². The number of carbonyl (C=O) groups is 1. The minimum atomic E-state index is -0.217. The monoisotopic (exact) mass is 362 g/mol. The summed E-state index contributed by atoms with van der Waals surface area (Å²) in [5.41, 5.74) is 1.67. The van der Waals surface area contributed by atoms with Gasteiger partial charge in [-0.25, -0.2) is 4.98 Å². The van der Waals surface area contributed by atoms with Crippen LogP contribution in [0.15, 0.2) is 57.9 Å². The molecule has 0 unspecified atom stereocenters. The van der Waals surface area contributed by atoms with Gasteiger partial charge in [0.05, 0.1) is 11.8 Å². The van der Waals surface area contributed by atoms with E-state index in [2.05, 4.69) is 32.3 Å². The van der Waals surface area contributed by atoms with Crippen LogP contribution in [0.1, 0.15) is 20.8 Å². The Morgan fingerprint density at radius 1 is 1.33 bits per heavy atom. The Morgan fingerprint density at radius 3 is 2.95 bits per heavy atom. The Morgan fingerprint density at radius 2 is 2.19 bits per heavy atom. The second-order valence-electron chi connectivity index (χ2n) is 4.37. The fourth-order valence-corrected chi connectivity index (χ4v) is 3.09. The largest absolute Gasteiger partial charge is 0.472 e. The van der Waals surface area contributed by atoms with E-state index in [1.807, 2.05) is 18.2 Å². The van der Waals surface area contributed by atoms with E-state index < -0.39 is 0 Å². The lowest BCUT2D eigenvalue weighted by atomic mass is 10.1. The van der Waals surface area contributed by atoms with Gasteiger partial charge in [-0.05, 0) is 17.7 Å². The molecule has 1 N–H and O–H groups in total. The number of carbonyl (C=O) groups excluding carboxylic acids is 1. The van der Waals surface area contributed by atoms with Crippen molar-refractivity contribution in [2.45, 2.75) is 6.42 Å². The molecule has 0 radical (unpaired) electrons. The summed E-state index contributed by atoms with van der Waals surface area (Å²) in [4.78, 5) is 17.2. The molecular formula is C15H11BrN2O2S. The molecule has 1 amide bonds. The van der Waals surface area contributed by atoms with E-state index in [1.54, 1.807) is 12.3 Å². The van der Waals surface area contributed by atoms with E-state index in [-0.39, 0.29) is 5.91 Å². The summed E-state index contributed by atoms with van der Waals surface area (Å²) in [5.74, 6) is -0.217. The summed E-state index contributed by atoms with van der Waals surface area (Å²) in [7, 11) is 0. The number of furan rings is 1. The van der Waals surface area contributed by atoms with Gasteiger partial charge in [-0.15, -0.1) is 11.3 Å². The number of anilines is 1. The molecule has 0 aliphatic carbocycles. The topological polar surface area (TPSA) is 55.1 Å². The van der Waals surface area contributed by atoms with Crippen LogP contribution >= 0.6 is 27.3 Å². The Labute approximate surface area is 134 Å². The highest BCUT2D eigenvalue weighted by atomic mass is 79.9. The quantitative estimate of drug-likeness (QED) is 0.750. The molecule has 0 aliphatic rings. The maximum Gasteiger partial charge on any atom is 0.260 e. The molecule has 0 bridgehead atoms. The Bertz CT molecular complexity index is 753. The third-order valence-electron chi connectivity index (χ3n) is 2.88. The molecule has 3 aromatic rings. The van der Waals surface area contributed by atoms with Gasteiger partial charge < -0.3 is 4.42 Å². The number of thiazole rings is 1. The number of hydrogen-bond acceptors (Lipinski definition) is 4. The van der Waals surface area contributed by atoms with E-state index in [0.29, 0.717) is 10.7 Å². The maximum absolute atomic E-state index is 11.9. The predicted octanol–water partition coefficient (Wildman–Crippen LogP) is 4.34. The molecule has 0 atom stereocenters. The molecule has 0 aliphatic heterocycles. The average molecular weight is 363 g/mol. The SMILES string of the molecule is O=C(Nc1ncc(Cc2ccccc2Br)s1)c1ccoc1. The van der Waals surface area contributed by atoms with E-state index >= 15 is 0 Å². The van der Waals surface area contributed by atoms with Gasteiger partial charge in [0, 0.05) is 22.0 Å². The van der Waals surface area contributed by atoms with Gasteiger partial charge in [0.2, 0.25) is 0 Å². The number of aromatic nitrogens is 1. The summed E-state index contributed by atoms with van der Waals surface area (Å²) >= 11 is 5.00. The van der Waals surface area contributed by atoms with Gasteiger partial charge in [-0.1, -0.05) is 34.1 Å². The zero-order chi connectivity index (χ0) is 14.7. The molecule has 0 fully saturated rings. The lowest BCUT2D eigenvalue weighted by Gasteiger charge is -2.01. The fraction of sp³-hybridized carbons (Fsp3) is 0.0667. The molecule has 106 valence electrons. The Kier molecular flexibility index (Phi) is 4.17. The van der Waals surface area contributed by atoms with Crippen LogP contribution in [0.3, 0.4) is 0 Å². The van der Waals surface area contributed by atoms with Crippen LogP contribution < -0.4 is 5.32 Å². The van der Waals surface area contributed by atoms with E-state index in [1.165, 1.54) is 29.4 Å². The first-order valence-electron chi connectivity index (χ1n) is 6.24. The van der Waals surface area contributed by atoms with Gasteiger partial charge in [0.1, 0.15) is 6.26 Å². The number of benzene rings is 1. The Hall–Kier alpha value is -1.92. The van der Waals surface area contributed by atoms with Gasteiger partial charge >= 0.3 is 0 Å². The van der Waals surface area contributed by atoms with Gasteiger partial charge in [0.15, 0.2) is 5.13 Å². The first-order valence-corrected chi connectivity index (χ1v) is 7.85. The molecule has 0 spiro atoms. The van der Waals surface area contributed by atoms with Crippen molar-refractivity contribution in [1.29, 1.82) is 0 Å². The van der Waals surface area contributed by atoms with Crippen molar-refractivity contribution in [3.05, 3.63) is 69.5 Å². The standard InChI is InChI=1S/C15H11BrN2O2S/c16-13-4-2-1-3-10(13)7-12-8-17-15(21-12)18-14(19)11-5-6-20-9-11/h1-6,8-9H,7H2,(H,17,18,19). The van der Waals surface area contributed by atoms with Crippen LogP contribution in [0.5, 0.6) is 0 Å². The molecule has 3 rings (SSSR count). The predicted molar refractivity (Wildman–Crippen MR) is 85.7 cm³/mol. The number of nitrogens with one attached hydrogen (secondary N) is 1. The van der Waals surface area contributed by atoms with Crippen molar-refractivity contribution in [1.82, 2.24) is 4.98 Å². The summed E-state index contributed by atoms with van der Waals surface area (Å²) in [5, 5.41) is 3.35. The number of hydrogen-bond donors (Lipinski definition) is 1. The lowest BCUT2D eigenvalue weighted by molar-refractivity contribution is 0.102. The number of nitrogens with zero attached hydrogens (tertiary/aromatic N) is 1. The molecule has 1 aromatic carbocycles. The molecule has 6 heteroatoms. The highest BCUT2D eigenvalue weighted by Crippen LogP contribution is 2.25. The molecule has 2 aromatic heterocycles. The number of amides is 1. The summed E-state index contributed by atoms with van der Waals surface area (Å²) in [6.07, 6.45) is 5.44. The van der Waals surface area contributed by atoms with E-state index in [4.69, 9.17) is 4.42 Å². The van der Waals surface area contributed by atoms with Crippen LogP contribution in [0.4, 0.5) is 5.13 Å². The second kappa shape index (κ2) is 6.24. The fourth-order valence-electron chi connectivity index (χ4n) is 1.84. The second-order valence-corrected chi connectivity index (χ2v) is 6.34. The van der Waals surface area contributed by atoms with Crippen molar-refractivity contribution in [3.63, 3.8) is 0 Å². The molecule has 21 heavy (non-hydrogen) atoms. The van der Waals surface area contributed by atoms with Gasteiger partial charge in [0.25, 0.3) is 5.91 Å². The minimum Gasteiger partial charge on any atom is -0.472 e. The van der Waals surface area contributed by atoms with E-state index in [9.17, 15) is 4.79 Å². The maximum atomic E-state index is 11.9. The third kappa shape index (κ3) is 3.40. The van der Waals surface area contributed by atoms with Crippen LogP contribution in [0, 0.1) is 0 Å². The van der Waals surface area contributed by atoms with Crippen molar-refractivity contribution in [3.8, 4) is 0 Å². The van der Waals surface area contributed by atoms with Crippen molar-refractivity contribution in [2.75, 3.05) is 5.32 Å². The molecule has 2 heterocycles. The first-order chi connectivity index (χ1) is 10.2. The summed E-state index contributed by atoms with van der Waals surface area (Å²) in [6.45, 7) is 0. The summed E-state index contributed by atoms with van der Waals surface area (Å²) in [6, 6.07) is 9.68. The minimum absolute atomic E-state index is 0.217. The first kappa shape index (κ1) is 14.0. The Balaban J connectivity index is 1.69. The van der Waals surface area contributed by atoms with Crippen LogP contribution in [-0.2, 0) is 6.42 Å². The van der Waals surface area contributed by atoms with Crippen LogP contribution in [0.2, 0.25) is 0 Å². The highest BCUT2D eigenvalue weighted by Gasteiger charge is 2.10. The zero-order valence-corrected chi connectivity index (χ0v) is 13.3. The smallest absolute Gasteiger partial charge is 0.260 e. The lowest BCUT2D eigenvalue weighted by Crippen LogP contribution is -2.10. The van der Waals surface area contributed by atoms with Crippen molar-refractivity contribution < 1.29 is 9.21 Å². The average Bonchev–Trinajstić information content (AvgIpc) is 3.13. The molecule has 0 saturated carbocycles. The highest BCUT2D eigenvalue weighted by molar-refractivity contribution is 9.10. The third-order valence-corrected chi connectivity index (χ3v) is 4.57. The molecular weight excluding hydrogens is 352 g/mol. The number of halogens is 1. The number of rotatable bonds is 4. The van der Waals surface area contributed by atoms with Gasteiger partial charge in [-0.2, -0.15) is 0 Å². The van der Waals surface area contributed by atoms with Crippen LogP contribution in [0.25, 0.3) is 0 Å². The summed E-state index contributed by atoms with van der Waals surface area (Å²) < 4.78 is 5.96. The van der Waals surface area contributed by atoms with Gasteiger partial charge in [-0.3, -0.25) is 10.1 Å². The molecule has 4 nitrogen and oxygen atoms in total. The zero-order valence-electron chi connectivity index (χ0n) is 10.9.